The number of hydrogen-bond acceptors (Lipinski definition) is 1. The van der Waals surface area contributed by atoms with E-state index < -0.39 is 0 Å². The van der Waals surface area contributed by atoms with Crippen molar-refractivity contribution in [3.05, 3.63) is 35.6 Å². The first-order chi connectivity index (χ1) is 7.11. The zero-order valence-corrected chi connectivity index (χ0v) is 9.76. The molecule has 1 atom stereocenters. The summed E-state index contributed by atoms with van der Waals surface area (Å²) in [7, 11) is 0. The molecule has 84 valence electrons. The minimum absolute atomic E-state index is 0.123. The lowest BCUT2D eigenvalue weighted by atomic mass is 9.98. The van der Waals surface area contributed by atoms with Gasteiger partial charge >= 0.3 is 0 Å². The van der Waals surface area contributed by atoms with Crippen molar-refractivity contribution in [3.8, 4) is 0 Å². The highest BCUT2D eigenvalue weighted by Gasteiger charge is 2.06. The predicted molar refractivity (Wildman–Crippen MR) is 62.1 cm³/mol. The molecule has 0 radical (unpaired) electrons. The third-order valence-corrected chi connectivity index (χ3v) is 2.88. The Hall–Kier alpha value is -0.890. The lowest BCUT2D eigenvalue weighted by Crippen LogP contribution is -2.24. The van der Waals surface area contributed by atoms with Gasteiger partial charge in [-0.1, -0.05) is 39.0 Å². The molecule has 15 heavy (non-hydrogen) atoms. The van der Waals surface area contributed by atoms with Crippen LogP contribution in [0.1, 0.15) is 26.3 Å². The van der Waals surface area contributed by atoms with Crippen LogP contribution >= 0.6 is 0 Å². The van der Waals surface area contributed by atoms with Crippen LogP contribution in [0.15, 0.2) is 24.3 Å². The van der Waals surface area contributed by atoms with E-state index in [2.05, 4.69) is 26.1 Å². The minimum atomic E-state index is -0.123. The van der Waals surface area contributed by atoms with Crippen molar-refractivity contribution in [3.63, 3.8) is 0 Å². The van der Waals surface area contributed by atoms with Crippen molar-refractivity contribution in [1.29, 1.82) is 0 Å². The molecular weight excluding hydrogens is 189 g/mol. The fourth-order valence-corrected chi connectivity index (χ4v) is 1.31. The SMILES string of the molecule is CC(C)[C@H](C)CNCc1ccccc1F. The first-order valence-electron chi connectivity index (χ1n) is 5.55. The quantitative estimate of drug-likeness (QED) is 0.785. The van der Waals surface area contributed by atoms with E-state index >= 15 is 0 Å². The topological polar surface area (TPSA) is 12.0 Å². The third-order valence-electron chi connectivity index (χ3n) is 2.88. The van der Waals surface area contributed by atoms with Crippen LogP contribution in [0, 0.1) is 17.7 Å². The number of rotatable bonds is 5. The molecule has 0 heterocycles. The summed E-state index contributed by atoms with van der Waals surface area (Å²) in [6, 6.07) is 6.91. The van der Waals surface area contributed by atoms with Crippen LogP contribution < -0.4 is 5.32 Å². The molecule has 0 saturated heterocycles. The Morgan fingerprint density at radius 3 is 2.47 bits per heavy atom. The Balaban J connectivity index is 2.35. The molecule has 0 unspecified atom stereocenters. The molecule has 0 fully saturated rings. The Bertz CT molecular complexity index is 296. The van der Waals surface area contributed by atoms with Gasteiger partial charge in [-0.2, -0.15) is 0 Å². The number of nitrogens with one attached hydrogen (secondary N) is 1. The van der Waals surface area contributed by atoms with E-state index in [-0.39, 0.29) is 5.82 Å². The summed E-state index contributed by atoms with van der Waals surface area (Å²) in [6.07, 6.45) is 0. The maximum atomic E-state index is 13.2. The zero-order valence-electron chi connectivity index (χ0n) is 9.76. The highest BCUT2D eigenvalue weighted by atomic mass is 19.1. The summed E-state index contributed by atoms with van der Waals surface area (Å²) < 4.78 is 13.2. The molecule has 1 aromatic carbocycles. The largest absolute Gasteiger partial charge is 0.312 e. The van der Waals surface area contributed by atoms with Gasteiger partial charge in [-0.25, -0.2) is 4.39 Å². The summed E-state index contributed by atoms with van der Waals surface area (Å²) in [5, 5.41) is 3.28. The Labute approximate surface area is 91.7 Å². The van der Waals surface area contributed by atoms with Crippen molar-refractivity contribution in [2.75, 3.05) is 6.54 Å². The summed E-state index contributed by atoms with van der Waals surface area (Å²) in [5.74, 6) is 1.16. The number of halogens is 1. The standard InChI is InChI=1S/C13H20FN/c1-10(2)11(3)8-15-9-12-6-4-5-7-13(12)14/h4-7,10-11,15H,8-9H2,1-3H3/t11-/m1/s1. The zero-order chi connectivity index (χ0) is 11.3. The fraction of sp³-hybridized carbons (Fsp3) is 0.538. The van der Waals surface area contributed by atoms with Crippen LogP contribution in [0.4, 0.5) is 4.39 Å². The monoisotopic (exact) mass is 209 g/mol. The highest BCUT2D eigenvalue weighted by molar-refractivity contribution is 5.16. The average Bonchev–Trinajstić information content (AvgIpc) is 2.20. The van der Waals surface area contributed by atoms with E-state index in [0.717, 1.165) is 12.1 Å². The molecular formula is C13H20FN. The van der Waals surface area contributed by atoms with Crippen LogP contribution in [-0.4, -0.2) is 6.54 Å². The van der Waals surface area contributed by atoms with E-state index in [1.807, 2.05) is 12.1 Å². The summed E-state index contributed by atoms with van der Waals surface area (Å²) in [4.78, 5) is 0. The van der Waals surface area contributed by atoms with E-state index in [9.17, 15) is 4.39 Å². The van der Waals surface area contributed by atoms with Crippen molar-refractivity contribution in [2.45, 2.75) is 27.3 Å². The van der Waals surface area contributed by atoms with Crippen LogP contribution in [0.3, 0.4) is 0 Å². The highest BCUT2D eigenvalue weighted by Crippen LogP contribution is 2.09. The predicted octanol–water partition coefficient (Wildman–Crippen LogP) is 3.21. The molecule has 1 aromatic rings. The number of benzene rings is 1. The summed E-state index contributed by atoms with van der Waals surface area (Å²) >= 11 is 0. The molecule has 0 aromatic heterocycles. The third kappa shape index (κ3) is 4.00. The average molecular weight is 209 g/mol. The molecule has 0 spiro atoms. The van der Waals surface area contributed by atoms with Crippen molar-refractivity contribution in [1.82, 2.24) is 5.32 Å². The Kier molecular flexibility index (Phi) is 4.76. The molecule has 0 bridgehead atoms. The van der Waals surface area contributed by atoms with Gasteiger partial charge in [0.1, 0.15) is 5.82 Å². The summed E-state index contributed by atoms with van der Waals surface area (Å²) in [5.41, 5.74) is 0.744. The van der Waals surface area contributed by atoms with E-state index in [4.69, 9.17) is 0 Å². The molecule has 1 rings (SSSR count). The lowest BCUT2D eigenvalue weighted by molar-refractivity contribution is 0.391. The summed E-state index contributed by atoms with van der Waals surface area (Å²) in [6.45, 7) is 8.17. The van der Waals surface area contributed by atoms with Gasteiger partial charge in [-0.15, -0.1) is 0 Å². The van der Waals surface area contributed by atoms with Crippen LogP contribution in [-0.2, 0) is 6.54 Å². The van der Waals surface area contributed by atoms with Gasteiger partial charge in [0.25, 0.3) is 0 Å². The fourth-order valence-electron chi connectivity index (χ4n) is 1.31. The lowest BCUT2D eigenvalue weighted by Gasteiger charge is -2.16. The van der Waals surface area contributed by atoms with Gasteiger partial charge in [0.05, 0.1) is 0 Å². The number of hydrogen-bond donors (Lipinski definition) is 1. The van der Waals surface area contributed by atoms with Gasteiger partial charge < -0.3 is 5.32 Å². The van der Waals surface area contributed by atoms with Crippen molar-refractivity contribution >= 4 is 0 Å². The molecule has 0 saturated carbocycles. The van der Waals surface area contributed by atoms with Gasteiger partial charge in [-0.3, -0.25) is 0 Å². The van der Waals surface area contributed by atoms with Crippen molar-refractivity contribution < 1.29 is 4.39 Å². The van der Waals surface area contributed by atoms with Crippen LogP contribution in [0.5, 0.6) is 0 Å². The second-order valence-corrected chi connectivity index (χ2v) is 4.44. The van der Waals surface area contributed by atoms with Gasteiger partial charge in [-0.05, 0) is 24.4 Å². The Morgan fingerprint density at radius 2 is 1.87 bits per heavy atom. The van der Waals surface area contributed by atoms with Crippen LogP contribution in [0.2, 0.25) is 0 Å². The molecule has 0 aliphatic carbocycles. The van der Waals surface area contributed by atoms with Crippen molar-refractivity contribution in [2.24, 2.45) is 11.8 Å². The molecule has 0 amide bonds. The second-order valence-electron chi connectivity index (χ2n) is 4.44. The normalized spacial score (nSPS) is 13.1. The molecule has 2 heteroatoms. The first kappa shape index (κ1) is 12.2. The van der Waals surface area contributed by atoms with E-state index in [1.165, 1.54) is 6.07 Å². The Morgan fingerprint density at radius 1 is 1.20 bits per heavy atom. The smallest absolute Gasteiger partial charge is 0.127 e. The first-order valence-corrected chi connectivity index (χ1v) is 5.55. The maximum Gasteiger partial charge on any atom is 0.127 e. The molecule has 1 nitrogen and oxygen atoms in total. The van der Waals surface area contributed by atoms with E-state index in [0.29, 0.717) is 18.4 Å². The minimum Gasteiger partial charge on any atom is -0.312 e. The maximum absolute atomic E-state index is 13.2. The van der Waals surface area contributed by atoms with Gasteiger partial charge in [0, 0.05) is 12.1 Å². The molecule has 0 aliphatic heterocycles. The molecule has 1 N–H and O–H groups in total. The van der Waals surface area contributed by atoms with Crippen LogP contribution in [0.25, 0.3) is 0 Å². The second kappa shape index (κ2) is 5.86. The van der Waals surface area contributed by atoms with Gasteiger partial charge in [0.15, 0.2) is 0 Å². The van der Waals surface area contributed by atoms with E-state index in [1.54, 1.807) is 6.07 Å². The van der Waals surface area contributed by atoms with Gasteiger partial charge in [0.2, 0.25) is 0 Å². The molecule has 0 aliphatic rings.